The summed E-state index contributed by atoms with van der Waals surface area (Å²) in [6.45, 7) is 16.3. The third kappa shape index (κ3) is 14.7. The molecule has 0 aromatic rings. The van der Waals surface area contributed by atoms with Crippen molar-refractivity contribution < 1.29 is 43.7 Å². The minimum Gasteiger partial charge on any atom is -0.450 e. The lowest BCUT2D eigenvalue weighted by Gasteiger charge is -2.38. The van der Waals surface area contributed by atoms with Crippen molar-refractivity contribution in [2.75, 3.05) is 0 Å². The third-order valence-corrected chi connectivity index (χ3v) is 10.1. The first kappa shape index (κ1) is 46.5. The molecule has 49 heavy (non-hydrogen) atoms. The molecule has 2 saturated carbocycles. The number of carbonyl (C=O) groups is 6. The Hall–Kier alpha value is -2.48. The zero-order valence-corrected chi connectivity index (χ0v) is 31.9. The maximum absolute atomic E-state index is 12.3. The van der Waals surface area contributed by atoms with Gasteiger partial charge in [-0.1, -0.05) is 54.4 Å². The van der Waals surface area contributed by atoms with Crippen LogP contribution in [-0.2, 0) is 28.7 Å². The van der Waals surface area contributed by atoms with E-state index in [1.165, 1.54) is 6.42 Å². The number of carbonyl (C=O) groups excluding carboxylic acids is 6. The molecule has 15 heteroatoms. The molecule has 4 fully saturated rings. The van der Waals surface area contributed by atoms with Crippen molar-refractivity contribution in [1.29, 1.82) is 0 Å². The van der Waals surface area contributed by atoms with E-state index in [2.05, 4.69) is 57.5 Å². The smallest absolute Gasteiger partial charge is 0.408 e. The number of hydrogen-bond acceptors (Lipinski definition) is 9. The van der Waals surface area contributed by atoms with Gasteiger partial charge in [-0.15, -0.1) is 12.4 Å². The number of nitrogens with two attached hydrogens (primary N) is 1. The first-order chi connectivity index (χ1) is 21.7. The lowest BCUT2D eigenvalue weighted by atomic mass is 9.75. The van der Waals surface area contributed by atoms with Crippen LogP contribution in [0.3, 0.4) is 0 Å². The molecule has 5 amide bonds. The number of piperidine rings is 2. The number of hydrogen-bond donors (Lipinski definition) is 4. The first-order valence-corrected chi connectivity index (χ1v) is 17.4. The number of rotatable bonds is 5. The van der Waals surface area contributed by atoms with Crippen LogP contribution in [0.4, 0.5) is 9.59 Å². The first-order valence-electron chi connectivity index (χ1n) is 17.1. The van der Waals surface area contributed by atoms with E-state index in [-0.39, 0.29) is 54.2 Å². The Morgan fingerprint density at radius 2 is 1.22 bits per heavy atom. The van der Waals surface area contributed by atoms with Gasteiger partial charge in [0.2, 0.25) is 17.7 Å². The molecule has 284 valence electrons. The molecule has 2 aliphatic heterocycles. The summed E-state index contributed by atoms with van der Waals surface area (Å²) in [5.41, 5.74) is 2.92. The Bertz CT molecular complexity index is 1150. The number of ether oxygens (including phenoxy) is 2. The SMILES string of the molecule is CC(C)[C@H]1CC[C@H](C)C[C@@H]1OC(=O)Cl.CC(C)[C@H]1CC[C@H](C)C[C@@H]1OC(=O)N[C@@]1(C)CCC(=O)NC1=O.CC1(N)CCC(=O)NC1=O.Cl.O. The summed E-state index contributed by atoms with van der Waals surface area (Å²) in [6.07, 6.45) is 7.07. The van der Waals surface area contributed by atoms with Crippen LogP contribution >= 0.6 is 24.0 Å². The van der Waals surface area contributed by atoms with E-state index >= 15 is 0 Å². The van der Waals surface area contributed by atoms with Gasteiger partial charge >= 0.3 is 11.5 Å². The van der Waals surface area contributed by atoms with E-state index in [9.17, 15) is 28.8 Å². The zero-order chi connectivity index (χ0) is 35.7. The van der Waals surface area contributed by atoms with Gasteiger partial charge < -0.3 is 26.0 Å². The van der Waals surface area contributed by atoms with E-state index in [0.717, 1.165) is 32.1 Å². The summed E-state index contributed by atoms with van der Waals surface area (Å²) in [5.74, 6) is 1.65. The van der Waals surface area contributed by atoms with Crippen LogP contribution in [0, 0.1) is 35.5 Å². The lowest BCUT2D eigenvalue weighted by Crippen LogP contribution is -2.61. The van der Waals surface area contributed by atoms with E-state index in [4.69, 9.17) is 26.8 Å². The van der Waals surface area contributed by atoms with Gasteiger partial charge in [-0.25, -0.2) is 9.59 Å². The van der Waals surface area contributed by atoms with Crippen LogP contribution in [0.15, 0.2) is 0 Å². The molecule has 0 bridgehead atoms. The maximum atomic E-state index is 12.3. The predicted octanol–water partition coefficient (Wildman–Crippen LogP) is 4.93. The second-order valence-electron chi connectivity index (χ2n) is 15.1. The van der Waals surface area contributed by atoms with Crippen LogP contribution in [0.1, 0.15) is 120 Å². The largest absolute Gasteiger partial charge is 0.450 e. The van der Waals surface area contributed by atoms with Crippen molar-refractivity contribution in [3.63, 3.8) is 0 Å². The number of alkyl carbamates (subject to hydrolysis) is 1. The highest BCUT2D eigenvalue weighted by Gasteiger charge is 2.42. The van der Waals surface area contributed by atoms with Crippen molar-refractivity contribution in [2.45, 2.75) is 143 Å². The van der Waals surface area contributed by atoms with Crippen LogP contribution in [-0.4, -0.2) is 63.9 Å². The predicted molar refractivity (Wildman–Crippen MR) is 189 cm³/mol. The Morgan fingerprint density at radius 3 is 1.61 bits per heavy atom. The van der Waals surface area contributed by atoms with E-state index in [1.807, 2.05) is 0 Å². The number of imide groups is 2. The fraction of sp³-hybridized carbons (Fsp3) is 0.824. The highest BCUT2D eigenvalue weighted by Crippen LogP contribution is 2.36. The van der Waals surface area contributed by atoms with Gasteiger partial charge in [0.15, 0.2) is 0 Å². The van der Waals surface area contributed by atoms with E-state index in [0.29, 0.717) is 54.8 Å². The Kier molecular flexibility index (Phi) is 19.4. The van der Waals surface area contributed by atoms with Crippen LogP contribution in [0.25, 0.3) is 0 Å². The summed E-state index contributed by atoms with van der Waals surface area (Å²) in [6, 6.07) is 0. The van der Waals surface area contributed by atoms with Crippen LogP contribution < -0.4 is 21.7 Å². The summed E-state index contributed by atoms with van der Waals surface area (Å²) >= 11 is 5.27. The number of halogens is 2. The molecule has 4 aliphatic rings. The van der Waals surface area contributed by atoms with Crippen molar-refractivity contribution in [1.82, 2.24) is 16.0 Å². The third-order valence-electron chi connectivity index (χ3n) is 10.1. The summed E-state index contributed by atoms with van der Waals surface area (Å²) in [4.78, 5) is 67.7. The second-order valence-corrected chi connectivity index (χ2v) is 15.4. The van der Waals surface area contributed by atoms with Gasteiger partial charge in [0.05, 0.1) is 5.54 Å². The highest BCUT2D eigenvalue weighted by molar-refractivity contribution is 6.61. The zero-order valence-electron chi connectivity index (χ0n) is 30.3. The molecule has 2 aliphatic carbocycles. The standard InChI is InChI=1S/C17H28N2O4.C11H19ClO2.C6H10N2O2.ClH.H2O/c1-10(2)12-6-5-11(3)9-13(12)23-16(22)19-17(4)8-7-14(20)18-15(17)21;1-7(2)9-5-4-8(3)6-10(9)14-11(12)13;1-6(7)3-2-4(9)8-5(6)10;;/h10-13H,5-9H2,1-4H3,(H,19,22)(H,18,20,21);7-10H,4-6H2,1-3H3;2-3,7H2,1H3,(H,8,9,10);1H;1H2/t11-,12+,13-,17-;8-,9+,10-;;;/m00.../s1. The quantitative estimate of drug-likeness (QED) is 0.222. The van der Waals surface area contributed by atoms with Crippen LogP contribution in [0.2, 0.25) is 0 Å². The second kappa shape index (κ2) is 20.4. The molecule has 1 unspecified atom stereocenters. The van der Waals surface area contributed by atoms with Crippen molar-refractivity contribution in [3.05, 3.63) is 0 Å². The van der Waals surface area contributed by atoms with Crippen molar-refractivity contribution in [2.24, 2.45) is 41.2 Å². The molecule has 0 spiro atoms. The molecule has 4 rings (SSSR count). The molecular weight excluding hydrogens is 679 g/mol. The van der Waals surface area contributed by atoms with Crippen molar-refractivity contribution >= 4 is 59.2 Å². The van der Waals surface area contributed by atoms with Gasteiger partial charge in [-0.2, -0.15) is 0 Å². The van der Waals surface area contributed by atoms with Gasteiger partial charge in [-0.3, -0.25) is 29.8 Å². The topological polar surface area (TPSA) is 214 Å². The van der Waals surface area contributed by atoms with Gasteiger partial charge in [-0.05, 0) is 87.9 Å². The fourth-order valence-electron chi connectivity index (χ4n) is 6.75. The average molecular weight is 740 g/mol. The van der Waals surface area contributed by atoms with Gasteiger partial charge in [0.25, 0.3) is 5.91 Å². The minimum atomic E-state index is -1.08. The van der Waals surface area contributed by atoms with Gasteiger partial charge in [0, 0.05) is 24.4 Å². The summed E-state index contributed by atoms with van der Waals surface area (Å²) < 4.78 is 10.8. The maximum Gasteiger partial charge on any atom is 0.408 e. The lowest BCUT2D eigenvalue weighted by molar-refractivity contribution is -0.139. The summed E-state index contributed by atoms with van der Waals surface area (Å²) in [7, 11) is 0. The molecule has 2 heterocycles. The van der Waals surface area contributed by atoms with Crippen molar-refractivity contribution in [3.8, 4) is 0 Å². The number of amides is 5. The van der Waals surface area contributed by atoms with E-state index < -0.39 is 28.5 Å². The van der Waals surface area contributed by atoms with Gasteiger partial charge in [0.1, 0.15) is 17.7 Å². The number of nitrogens with one attached hydrogen (secondary N) is 3. The molecule has 8 atom stereocenters. The molecule has 13 nitrogen and oxygen atoms in total. The van der Waals surface area contributed by atoms with Crippen LogP contribution in [0.5, 0.6) is 0 Å². The molecule has 0 radical (unpaired) electrons. The van der Waals surface area contributed by atoms with E-state index in [1.54, 1.807) is 13.8 Å². The fourth-order valence-corrected chi connectivity index (χ4v) is 6.87. The Labute approximate surface area is 302 Å². The highest BCUT2D eigenvalue weighted by atomic mass is 35.5. The summed E-state index contributed by atoms with van der Waals surface area (Å²) in [5, 5.41) is 7.09. The Balaban J connectivity index is 0.000000758. The molecular formula is C34H60Cl2N4O9. The molecule has 7 N–H and O–H groups in total. The average Bonchev–Trinajstić information content (AvgIpc) is 2.94. The normalized spacial score (nSPS) is 32.7. The monoisotopic (exact) mass is 738 g/mol. The molecule has 0 aromatic heterocycles. The Morgan fingerprint density at radius 1 is 0.796 bits per heavy atom. The minimum absolute atomic E-state index is 0. The molecule has 0 aromatic carbocycles. The molecule has 2 saturated heterocycles.